The van der Waals surface area contributed by atoms with Crippen LogP contribution < -0.4 is 5.32 Å². The van der Waals surface area contributed by atoms with E-state index in [-0.39, 0.29) is 5.79 Å². The van der Waals surface area contributed by atoms with E-state index in [9.17, 15) is 0 Å². The Morgan fingerprint density at radius 2 is 1.73 bits per heavy atom. The van der Waals surface area contributed by atoms with E-state index in [1.165, 1.54) is 25.7 Å². The van der Waals surface area contributed by atoms with Gasteiger partial charge in [-0.15, -0.1) is 0 Å². The standard InChI is InChI=1S/C12H23NO2/c1-12(2)14-8-11(9-15-12)13-7-10-5-3-4-6-10/h10-11,13H,3-9H2,1-2H3. The molecule has 1 saturated heterocycles. The lowest BCUT2D eigenvalue weighted by atomic mass is 10.1. The summed E-state index contributed by atoms with van der Waals surface area (Å²) < 4.78 is 11.2. The van der Waals surface area contributed by atoms with Gasteiger partial charge in [0, 0.05) is 0 Å². The minimum atomic E-state index is -0.383. The van der Waals surface area contributed by atoms with Crippen LogP contribution in [0.5, 0.6) is 0 Å². The van der Waals surface area contributed by atoms with Gasteiger partial charge in [0.05, 0.1) is 19.3 Å². The zero-order valence-electron chi connectivity index (χ0n) is 9.92. The topological polar surface area (TPSA) is 30.5 Å². The number of nitrogens with one attached hydrogen (secondary N) is 1. The summed E-state index contributed by atoms with van der Waals surface area (Å²) in [5.74, 6) is 0.505. The Kier molecular flexibility index (Phi) is 3.65. The molecule has 0 aromatic carbocycles. The van der Waals surface area contributed by atoms with Gasteiger partial charge in [-0.05, 0) is 39.2 Å². The van der Waals surface area contributed by atoms with Gasteiger partial charge in [-0.1, -0.05) is 12.8 Å². The van der Waals surface area contributed by atoms with Crippen molar-refractivity contribution in [2.45, 2.75) is 51.4 Å². The maximum atomic E-state index is 5.61. The van der Waals surface area contributed by atoms with Gasteiger partial charge in [-0.3, -0.25) is 0 Å². The van der Waals surface area contributed by atoms with E-state index in [4.69, 9.17) is 9.47 Å². The van der Waals surface area contributed by atoms with Crippen LogP contribution in [0.25, 0.3) is 0 Å². The van der Waals surface area contributed by atoms with E-state index in [2.05, 4.69) is 5.32 Å². The number of hydrogen-bond acceptors (Lipinski definition) is 3. The van der Waals surface area contributed by atoms with Gasteiger partial charge in [-0.25, -0.2) is 0 Å². The molecule has 0 spiro atoms. The van der Waals surface area contributed by atoms with Gasteiger partial charge in [0.25, 0.3) is 0 Å². The molecule has 1 N–H and O–H groups in total. The molecule has 2 rings (SSSR count). The van der Waals surface area contributed by atoms with Gasteiger partial charge >= 0.3 is 0 Å². The second-order valence-corrected chi connectivity index (χ2v) is 5.28. The van der Waals surface area contributed by atoms with Crippen LogP contribution in [0, 0.1) is 5.92 Å². The zero-order chi connectivity index (χ0) is 10.7. The molecule has 1 saturated carbocycles. The molecule has 3 nitrogen and oxygen atoms in total. The van der Waals surface area contributed by atoms with Crippen LogP contribution in [0.3, 0.4) is 0 Å². The summed E-state index contributed by atoms with van der Waals surface area (Å²) in [5, 5.41) is 3.55. The molecule has 3 heteroatoms. The molecule has 1 aliphatic carbocycles. The van der Waals surface area contributed by atoms with Gasteiger partial charge in [-0.2, -0.15) is 0 Å². The van der Waals surface area contributed by atoms with Crippen LogP contribution in [-0.4, -0.2) is 31.6 Å². The van der Waals surface area contributed by atoms with E-state index in [1.54, 1.807) is 0 Å². The largest absolute Gasteiger partial charge is 0.349 e. The Bertz CT molecular complexity index is 190. The lowest BCUT2D eigenvalue weighted by molar-refractivity contribution is -0.253. The highest BCUT2D eigenvalue weighted by Gasteiger charge is 2.28. The predicted octanol–water partition coefficient (Wildman–Crippen LogP) is 1.92. The fourth-order valence-corrected chi connectivity index (χ4v) is 2.36. The molecule has 2 fully saturated rings. The van der Waals surface area contributed by atoms with Crippen LogP contribution in [0.4, 0.5) is 0 Å². The molecule has 1 aliphatic heterocycles. The third kappa shape index (κ3) is 3.44. The van der Waals surface area contributed by atoms with Crippen LogP contribution in [0.2, 0.25) is 0 Å². The van der Waals surface area contributed by atoms with Gasteiger partial charge < -0.3 is 14.8 Å². The normalized spacial score (nSPS) is 28.4. The minimum absolute atomic E-state index is 0.383. The van der Waals surface area contributed by atoms with Crippen LogP contribution in [0.1, 0.15) is 39.5 Å². The third-order valence-electron chi connectivity index (χ3n) is 3.43. The number of hydrogen-bond donors (Lipinski definition) is 1. The van der Waals surface area contributed by atoms with Crippen molar-refractivity contribution < 1.29 is 9.47 Å². The quantitative estimate of drug-likeness (QED) is 0.777. The lowest BCUT2D eigenvalue weighted by Crippen LogP contribution is -2.49. The molecule has 0 amide bonds. The van der Waals surface area contributed by atoms with Crippen molar-refractivity contribution in [1.29, 1.82) is 0 Å². The van der Waals surface area contributed by atoms with E-state index in [1.807, 2.05) is 13.8 Å². The first-order valence-corrected chi connectivity index (χ1v) is 6.17. The summed E-state index contributed by atoms with van der Waals surface area (Å²) in [6.07, 6.45) is 5.62. The highest BCUT2D eigenvalue weighted by Crippen LogP contribution is 2.24. The average Bonchev–Trinajstić information content (AvgIpc) is 2.69. The van der Waals surface area contributed by atoms with E-state index < -0.39 is 0 Å². The van der Waals surface area contributed by atoms with E-state index in [0.717, 1.165) is 25.7 Å². The average molecular weight is 213 g/mol. The molecule has 0 atom stereocenters. The Labute approximate surface area is 92.5 Å². The highest BCUT2D eigenvalue weighted by atomic mass is 16.7. The number of rotatable bonds is 3. The first-order valence-electron chi connectivity index (χ1n) is 6.17. The fourth-order valence-electron chi connectivity index (χ4n) is 2.36. The van der Waals surface area contributed by atoms with Crippen molar-refractivity contribution in [1.82, 2.24) is 5.32 Å². The van der Waals surface area contributed by atoms with Crippen LogP contribution >= 0.6 is 0 Å². The van der Waals surface area contributed by atoms with Gasteiger partial charge in [0.1, 0.15) is 0 Å². The zero-order valence-corrected chi connectivity index (χ0v) is 9.92. The van der Waals surface area contributed by atoms with Crippen molar-refractivity contribution in [3.05, 3.63) is 0 Å². The van der Waals surface area contributed by atoms with Crippen molar-refractivity contribution in [2.24, 2.45) is 5.92 Å². The molecule has 0 aromatic rings. The van der Waals surface area contributed by atoms with E-state index in [0.29, 0.717) is 6.04 Å². The van der Waals surface area contributed by atoms with E-state index >= 15 is 0 Å². The Balaban J connectivity index is 1.64. The Morgan fingerprint density at radius 3 is 2.33 bits per heavy atom. The summed E-state index contributed by atoms with van der Waals surface area (Å²) in [7, 11) is 0. The molecule has 15 heavy (non-hydrogen) atoms. The fraction of sp³-hybridized carbons (Fsp3) is 1.00. The molecule has 1 heterocycles. The first-order chi connectivity index (χ1) is 7.16. The molecule has 2 aliphatic rings. The summed E-state index contributed by atoms with van der Waals surface area (Å²) in [4.78, 5) is 0. The first kappa shape index (κ1) is 11.4. The molecule has 0 aromatic heterocycles. The molecular weight excluding hydrogens is 190 g/mol. The summed E-state index contributed by atoms with van der Waals surface area (Å²) >= 11 is 0. The lowest BCUT2D eigenvalue weighted by Gasteiger charge is -2.35. The second-order valence-electron chi connectivity index (χ2n) is 5.28. The SMILES string of the molecule is CC1(C)OCC(NCC2CCCC2)CO1. The third-order valence-corrected chi connectivity index (χ3v) is 3.43. The summed E-state index contributed by atoms with van der Waals surface area (Å²) in [5.41, 5.74) is 0. The van der Waals surface area contributed by atoms with Crippen LogP contribution in [-0.2, 0) is 9.47 Å². The van der Waals surface area contributed by atoms with Crippen molar-refractivity contribution in [3.8, 4) is 0 Å². The van der Waals surface area contributed by atoms with Crippen LogP contribution in [0.15, 0.2) is 0 Å². The second kappa shape index (κ2) is 4.81. The maximum Gasteiger partial charge on any atom is 0.162 e. The maximum absolute atomic E-state index is 5.61. The van der Waals surface area contributed by atoms with Crippen molar-refractivity contribution in [3.63, 3.8) is 0 Å². The monoisotopic (exact) mass is 213 g/mol. The molecule has 0 unspecified atom stereocenters. The molecule has 0 radical (unpaired) electrons. The Morgan fingerprint density at radius 1 is 1.13 bits per heavy atom. The van der Waals surface area contributed by atoms with Crippen molar-refractivity contribution in [2.75, 3.05) is 19.8 Å². The smallest absolute Gasteiger partial charge is 0.162 e. The Hall–Kier alpha value is -0.120. The predicted molar refractivity (Wildman–Crippen MR) is 59.7 cm³/mol. The molecule has 88 valence electrons. The highest BCUT2D eigenvalue weighted by molar-refractivity contribution is 4.76. The van der Waals surface area contributed by atoms with Crippen molar-refractivity contribution >= 4 is 0 Å². The van der Waals surface area contributed by atoms with Gasteiger partial charge in [0.2, 0.25) is 0 Å². The minimum Gasteiger partial charge on any atom is -0.349 e. The molecule has 0 bridgehead atoms. The molecular formula is C12H23NO2. The summed E-state index contributed by atoms with van der Waals surface area (Å²) in [6.45, 7) is 6.64. The van der Waals surface area contributed by atoms with Gasteiger partial charge in [0.15, 0.2) is 5.79 Å². The summed E-state index contributed by atoms with van der Waals surface area (Å²) in [6, 6.07) is 0.388. The number of ether oxygens (including phenoxy) is 2.